The van der Waals surface area contributed by atoms with Gasteiger partial charge in [-0.05, 0) is 18.9 Å². The molecule has 27 heavy (non-hydrogen) atoms. The molecule has 1 aromatic heterocycles. The first-order chi connectivity index (χ1) is 12.9. The van der Waals surface area contributed by atoms with E-state index < -0.39 is 15.8 Å². The van der Waals surface area contributed by atoms with E-state index >= 15 is 0 Å². The predicted octanol–water partition coefficient (Wildman–Crippen LogP) is 1.85. The van der Waals surface area contributed by atoms with Crippen molar-refractivity contribution in [3.8, 4) is 0 Å². The molecular weight excluding hydrogens is 368 g/mol. The molecule has 0 unspecified atom stereocenters. The molecule has 0 radical (unpaired) electrons. The third kappa shape index (κ3) is 4.00. The lowest BCUT2D eigenvalue weighted by molar-refractivity contribution is -0.133. The number of ether oxygens (including phenoxy) is 1. The van der Waals surface area contributed by atoms with Crippen LogP contribution in [0.25, 0.3) is 10.9 Å². The Morgan fingerprint density at radius 1 is 1.30 bits per heavy atom. The summed E-state index contributed by atoms with van der Waals surface area (Å²) >= 11 is 0. The number of carbonyl (C=O) groups excluding carboxylic acids is 2. The fraction of sp³-hybridized carbons (Fsp3) is 0.474. The van der Waals surface area contributed by atoms with E-state index in [1.54, 1.807) is 15.7 Å². The van der Waals surface area contributed by atoms with Crippen LogP contribution in [0.4, 0.5) is 0 Å². The van der Waals surface area contributed by atoms with Gasteiger partial charge >= 0.3 is 5.97 Å². The van der Waals surface area contributed by atoms with Gasteiger partial charge in [0.1, 0.15) is 6.54 Å². The Hall–Kier alpha value is -2.35. The van der Waals surface area contributed by atoms with E-state index in [2.05, 4.69) is 0 Å². The fourth-order valence-corrected chi connectivity index (χ4v) is 5.39. The van der Waals surface area contributed by atoms with E-state index in [1.165, 1.54) is 7.11 Å². The molecule has 3 rings (SSSR count). The first kappa shape index (κ1) is 19.4. The van der Waals surface area contributed by atoms with Crippen LogP contribution < -0.4 is 0 Å². The number of nitrogens with zero attached hydrogens (tertiary/aromatic N) is 2. The van der Waals surface area contributed by atoms with Crippen molar-refractivity contribution >= 4 is 32.6 Å². The van der Waals surface area contributed by atoms with Crippen molar-refractivity contribution in [2.24, 2.45) is 0 Å². The minimum atomic E-state index is -3.07. The summed E-state index contributed by atoms with van der Waals surface area (Å²) in [6.45, 7) is 2.53. The van der Waals surface area contributed by atoms with Crippen LogP contribution in [0, 0.1) is 0 Å². The number of rotatable bonds is 6. The summed E-state index contributed by atoms with van der Waals surface area (Å²) in [5.74, 6) is -0.441. The van der Waals surface area contributed by atoms with Gasteiger partial charge in [-0.3, -0.25) is 4.79 Å². The second-order valence-electron chi connectivity index (χ2n) is 6.82. The van der Waals surface area contributed by atoms with Crippen molar-refractivity contribution in [1.29, 1.82) is 0 Å². The van der Waals surface area contributed by atoms with Gasteiger partial charge in [-0.2, -0.15) is 0 Å². The van der Waals surface area contributed by atoms with Crippen LogP contribution in [-0.2, 0) is 25.9 Å². The Morgan fingerprint density at radius 3 is 2.67 bits per heavy atom. The monoisotopic (exact) mass is 392 g/mol. The van der Waals surface area contributed by atoms with E-state index in [1.807, 2.05) is 31.2 Å². The van der Waals surface area contributed by atoms with Crippen LogP contribution in [0.1, 0.15) is 30.1 Å². The van der Waals surface area contributed by atoms with E-state index in [-0.39, 0.29) is 30.0 Å². The van der Waals surface area contributed by atoms with E-state index in [9.17, 15) is 18.0 Å². The molecule has 2 aromatic rings. The van der Waals surface area contributed by atoms with Gasteiger partial charge < -0.3 is 14.2 Å². The number of esters is 1. The number of benzene rings is 1. The number of hydrogen-bond acceptors (Lipinski definition) is 5. The molecule has 0 saturated carbocycles. The summed E-state index contributed by atoms with van der Waals surface area (Å²) in [5.41, 5.74) is 1.17. The Balaban J connectivity index is 1.89. The summed E-state index contributed by atoms with van der Waals surface area (Å²) in [5, 5.41) is 0.725. The van der Waals surface area contributed by atoms with Gasteiger partial charge in [0.25, 0.3) is 0 Å². The lowest BCUT2D eigenvalue weighted by Gasteiger charge is -2.28. The topological polar surface area (TPSA) is 85.7 Å². The lowest BCUT2D eigenvalue weighted by Crippen LogP contribution is -2.43. The number of aromatic nitrogens is 1. The minimum Gasteiger partial charge on any atom is -0.465 e. The second kappa shape index (κ2) is 7.72. The summed E-state index contributed by atoms with van der Waals surface area (Å²) in [7, 11) is -1.75. The Kier molecular flexibility index (Phi) is 5.55. The van der Waals surface area contributed by atoms with Gasteiger partial charge in [-0.1, -0.05) is 25.1 Å². The van der Waals surface area contributed by atoms with Crippen molar-refractivity contribution < 1.29 is 22.7 Å². The zero-order valence-corrected chi connectivity index (χ0v) is 16.4. The molecule has 0 spiro atoms. The zero-order chi connectivity index (χ0) is 19.6. The van der Waals surface area contributed by atoms with Crippen molar-refractivity contribution in [3.63, 3.8) is 0 Å². The summed E-state index contributed by atoms with van der Waals surface area (Å²) in [6, 6.07) is 7.06. The molecule has 1 aromatic carbocycles. The number of fused-ring (bicyclic) bond motifs is 1. The molecule has 1 saturated heterocycles. The number of para-hydroxylation sites is 1. The smallest absolute Gasteiger partial charge is 0.340 e. The van der Waals surface area contributed by atoms with Gasteiger partial charge in [-0.25, -0.2) is 13.2 Å². The quantitative estimate of drug-likeness (QED) is 0.701. The van der Waals surface area contributed by atoms with Crippen LogP contribution in [0.15, 0.2) is 30.5 Å². The molecule has 8 heteroatoms. The Bertz CT molecular complexity index is 964. The van der Waals surface area contributed by atoms with Gasteiger partial charge in [0.15, 0.2) is 9.84 Å². The maximum atomic E-state index is 13.0. The normalized spacial score (nSPS) is 18.5. The van der Waals surface area contributed by atoms with Crippen molar-refractivity contribution in [2.45, 2.75) is 32.4 Å². The van der Waals surface area contributed by atoms with Gasteiger partial charge in [0.2, 0.25) is 5.91 Å². The van der Waals surface area contributed by atoms with E-state index in [0.717, 1.165) is 17.3 Å². The van der Waals surface area contributed by atoms with E-state index in [4.69, 9.17) is 4.74 Å². The Labute approximate surface area is 158 Å². The SMILES string of the molecule is CCCN(C(=O)Cn1cc(C(=O)OC)c2ccccc21)[C@H]1CCS(=O)(=O)C1. The highest BCUT2D eigenvalue weighted by molar-refractivity contribution is 7.91. The minimum absolute atomic E-state index is 0.0264. The first-order valence-corrected chi connectivity index (χ1v) is 10.8. The van der Waals surface area contributed by atoms with Crippen LogP contribution in [0.2, 0.25) is 0 Å². The zero-order valence-electron chi connectivity index (χ0n) is 15.6. The van der Waals surface area contributed by atoms with Gasteiger partial charge in [-0.15, -0.1) is 0 Å². The molecule has 7 nitrogen and oxygen atoms in total. The average molecular weight is 392 g/mol. The van der Waals surface area contributed by atoms with Crippen LogP contribution in [-0.4, -0.2) is 61.0 Å². The molecule has 1 aliphatic rings. The highest BCUT2D eigenvalue weighted by atomic mass is 32.2. The third-order valence-electron chi connectivity index (χ3n) is 4.93. The van der Waals surface area contributed by atoms with Crippen molar-refractivity contribution in [2.75, 3.05) is 25.2 Å². The fourth-order valence-electron chi connectivity index (χ4n) is 3.66. The van der Waals surface area contributed by atoms with Crippen LogP contribution in [0.3, 0.4) is 0 Å². The highest BCUT2D eigenvalue weighted by Crippen LogP contribution is 2.23. The van der Waals surface area contributed by atoms with Crippen molar-refractivity contribution in [1.82, 2.24) is 9.47 Å². The summed E-state index contributed by atoms with van der Waals surface area (Å²) in [6.07, 6.45) is 2.86. The average Bonchev–Trinajstić information content (AvgIpc) is 3.19. The standard InChI is InChI=1S/C19H24N2O5S/c1-3-9-21(14-8-10-27(24,25)13-14)18(22)12-20-11-16(19(23)26-2)15-6-4-5-7-17(15)20/h4-7,11,14H,3,8-10,12-13H2,1-2H3/t14-/m0/s1. The van der Waals surface area contributed by atoms with Gasteiger partial charge in [0, 0.05) is 29.7 Å². The molecule has 2 heterocycles. The third-order valence-corrected chi connectivity index (χ3v) is 6.68. The lowest BCUT2D eigenvalue weighted by atomic mass is 10.2. The maximum Gasteiger partial charge on any atom is 0.340 e. The number of carbonyl (C=O) groups is 2. The molecule has 0 bridgehead atoms. The number of sulfone groups is 1. The van der Waals surface area contributed by atoms with Crippen LogP contribution in [0.5, 0.6) is 0 Å². The summed E-state index contributed by atoms with van der Waals surface area (Å²) < 4.78 is 30.2. The summed E-state index contributed by atoms with van der Waals surface area (Å²) in [4.78, 5) is 26.7. The number of amides is 1. The van der Waals surface area contributed by atoms with Gasteiger partial charge in [0.05, 0.1) is 24.2 Å². The molecular formula is C19H24N2O5S. The first-order valence-electron chi connectivity index (χ1n) is 9.02. The molecule has 0 aliphatic carbocycles. The maximum absolute atomic E-state index is 13.0. The molecule has 146 valence electrons. The molecule has 1 fully saturated rings. The predicted molar refractivity (Wildman–Crippen MR) is 102 cm³/mol. The largest absolute Gasteiger partial charge is 0.465 e. The Morgan fingerprint density at radius 2 is 2.04 bits per heavy atom. The number of methoxy groups -OCH3 is 1. The highest BCUT2D eigenvalue weighted by Gasteiger charge is 2.34. The van der Waals surface area contributed by atoms with Crippen LogP contribution >= 0.6 is 0 Å². The molecule has 0 N–H and O–H groups in total. The molecule has 1 atom stereocenters. The number of hydrogen-bond donors (Lipinski definition) is 0. The second-order valence-corrected chi connectivity index (χ2v) is 9.05. The van der Waals surface area contributed by atoms with E-state index in [0.29, 0.717) is 18.5 Å². The molecule has 1 amide bonds. The van der Waals surface area contributed by atoms with Crippen molar-refractivity contribution in [3.05, 3.63) is 36.0 Å². The molecule has 1 aliphatic heterocycles.